The van der Waals surface area contributed by atoms with Crippen molar-refractivity contribution in [3.63, 3.8) is 0 Å². The molecular weight excluding hydrogens is 285 g/mol. The Morgan fingerprint density at radius 3 is 2.84 bits per heavy atom. The predicted octanol–water partition coefficient (Wildman–Crippen LogP) is 1.85. The van der Waals surface area contributed by atoms with Gasteiger partial charge in [0.25, 0.3) is 0 Å². The zero-order chi connectivity index (χ0) is 12.3. The van der Waals surface area contributed by atoms with Crippen molar-refractivity contribution in [1.82, 2.24) is 15.2 Å². The highest BCUT2D eigenvalue weighted by atomic mass is 35.5. The molecule has 0 bridgehead atoms. The van der Waals surface area contributed by atoms with E-state index in [4.69, 9.17) is 0 Å². The van der Waals surface area contributed by atoms with Crippen LogP contribution in [0.2, 0.25) is 0 Å². The third kappa shape index (κ3) is 4.34. The summed E-state index contributed by atoms with van der Waals surface area (Å²) >= 11 is 0. The molecule has 4 nitrogen and oxygen atoms in total. The number of halogens is 2. The standard InChI is InChI=1S/C13H19N3O.2ClH/c1-10-8-15-6-7-16(10)13(17)11(2)12-4-3-5-14-9-12;;/h3-5,9-11,15H,6-8H2,1-2H3;2*1H/t10-,11?;;/m0../s1. The van der Waals surface area contributed by atoms with E-state index in [1.54, 1.807) is 12.4 Å². The molecule has 0 spiro atoms. The number of carbonyl (C=O) groups is 1. The van der Waals surface area contributed by atoms with Crippen molar-refractivity contribution >= 4 is 30.7 Å². The van der Waals surface area contributed by atoms with E-state index in [1.807, 2.05) is 24.0 Å². The van der Waals surface area contributed by atoms with Crippen molar-refractivity contribution in [2.75, 3.05) is 19.6 Å². The van der Waals surface area contributed by atoms with Gasteiger partial charge in [0, 0.05) is 38.1 Å². The van der Waals surface area contributed by atoms with Crippen LogP contribution < -0.4 is 5.32 Å². The van der Waals surface area contributed by atoms with Crippen molar-refractivity contribution < 1.29 is 4.79 Å². The average molecular weight is 306 g/mol. The van der Waals surface area contributed by atoms with Gasteiger partial charge < -0.3 is 10.2 Å². The predicted molar refractivity (Wildman–Crippen MR) is 81.2 cm³/mol. The van der Waals surface area contributed by atoms with Gasteiger partial charge in [-0.3, -0.25) is 9.78 Å². The Morgan fingerprint density at radius 1 is 1.53 bits per heavy atom. The molecule has 2 heterocycles. The topological polar surface area (TPSA) is 45.2 Å². The van der Waals surface area contributed by atoms with Crippen molar-refractivity contribution in [3.8, 4) is 0 Å². The summed E-state index contributed by atoms with van der Waals surface area (Å²) < 4.78 is 0. The van der Waals surface area contributed by atoms with E-state index in [0.717, 1.165) is 25.2 Å². The summed E-state index contributed by atoms with van der Waals surface area (Å²) in [5.41, 5.74) is 0.989. The number of nitrogens with one attached hydrogen (secondary N) is 1. The van der Waals surface area contributed by atoms with E-state index in [9.17, 15) is 4.79 Å². The molecule has 1 aliphatic heterocycles. The molecular formula is C13H21Cl2N3O. The van der Waals surface area contributed by atoms with Crippen LogP contribution in [0.4, 0.5) is 0 Å². The highest BCUT2D eigenvalue weighted by molar-refractivity contribution is 5.85. The van der Waals surface area contributed by atoms with Gasteiger partial charge in [-0.05, 0) is 25.5 Å². The van der Waals surface area contributed by atoms with E-state index >= 15 is 0 Å². The summed E-state index contributed by atoms with van der Waals surface area (Å²) in [5, 5.41) is 3.29. The van der Waals surface area contributed by atoms with Crippen LogP contribution in [-0.2, 0) is 4.79 Å². The number of hydrogen-bond acceptors (Lipinski definition) is 3. The molecule has 19 heavy (non-hydrogen) atoms. The molecule has 6 heteroatoms. The van der Waals surface area contributed by atoms with Gasteiger partial charge in [-0.2, -0.15) is 0 Å². The summed E-state index contributed by atoms with van der Waals surface area (Å²) in [6.07, 6.45) is 3.50. The number of amides is 1. The van der Waals surface area contributed by atoms with Crippen LogP contribution >= 0.6 is 24.8 Å². The average Bonchev–Trinajstić information content (AvgIpc) is 2.39. The maximum Gasteiger partial charge on any atom is 0.230 e. The van der Waals surface area contributed by atoms with Crippen LogP contribution in [-0.4, -0.2) is 41.5 Å². The number of nitrogens with zero attached hydrogens (tertiary/aromatic N) is 2. The first kappa shape index (κ1) is 18.2. The van der Waals surface area contributed by atoms with Gasteiger partial charge in [0.2, 0.25) is 5.91 Å². The van der Waals surface area contributed by atoms with Crippen LogP contribution in [0, 0.1) is 0 Å². The Hall–Kier alpha value is -0.840. The normalized spacial score (nSPS) is 19.9. The molecule has 1 saturated heterocycles. The van der Waals surface area contributed by atoms with Gasteiger partial charge in [-0.25, -0.2) is 0 Å². The second kappa shape index (κ2) is 8.35. The summed E-state index contributed by atoms with van der Waals surface area (Å²) in [6, 6.07) is 4.11. The molecule has 1 amide bonds. The summed E-state index contributed by atoms with van der Waals surface area (Å²) in [4.78, 5) is 18.4. The number of rotatable bonds is 2. The molecule has 1 aromatic rings. The van der Waals surface area contributed by atoms with E-state index in [0.29, 0.717) is 0 Å². The summed E-state index contributed by atoms with van der Waals surface area (Å²) in [7, 11) is 0. The summed E-state index contributed by atoms with van der Waals surface area (Å²) in [5.74, 6) is 0.0938. The van der Waals surface area contributed by atoms with Gasteiger partial charge in [0.1, 0.15) is 0 Å². The fraction of sp³-hybridized carbons (Fsp3) is 0.538. The Labute approximate surface area is 126 Å². The van der Waals surface area contributed by atoms with Crippen molar-refractivity contribution in [3.05, 3.63) is 30.1 Å². The number of aromatic nitrogens is 1. The minimum atomic E-state index is -0.107. The first-order valence-electron chi connectivity index (χ1n) is 6.11. The van der Waals surface area contributed by atoms with E-state index in [2.05, 4.69) is 17.2 Å². The van der Waals surface area contributed by atoms with Gasteiger partial charge in [0.05, 0.1) is 5.92 Å². The van der Waals surface area contributed by atoms with E-state index in [-0.39, 0.29) is 42.7 Å². The van der Waals surface area contributed by atoms with Gasteiger partial charge in [-0.1, -0.05) is 6.07 Å². The van der Waals surface area contributed by atoms with Crippen LogP contribution in [0.25, 0.3) is 0 Å². The Kier molecular flexibility index (Phi) is 7.99. The molecule has 108 valence electrons. The fourth-order valence-corrected chi connectivity index (χ4v) is 2.19. The molecule has 0 radical (unpaired) electrons. The number of carbonyl (C=O) groups excluding carboxylic acids is 1. The largest absolute Gasteiger partial charge is 0.337 e. The van der Waals surface area contributed by atoms with Crippen LogP contribution in [0.1, 0.15) is 25.3 Å². The Bertz CT molecular complexity index is 389. The first-order chi connectivity index (χ1) is 8.20. The lowest BCUT2D eigenvalue weighted by Crippen LogP contribution is -2.53. The van der Waals surface area contributed by atoms with Gasteiger partial charge in [-0.15, -0.1) is 24.8 Å². The molecule has 0 saturated carbocycles. The van der Waals surface area contributed by atoms with Crippen molar-refractivity contribution in [2.45, 2.75) is 25.8 Å². The zero-order valence-electron chi connectivity index (χ0n) is 11.2. The fourth-order valence-electron chi connectivity index (χ4n) is 2.19. The van der Waals surface area contributed by atoms with Gasteiger partial charge in [0.15, 0.2) is 0 Å². The molecule has 1 unspecified atom stereocenters. The maximum absolute atomic E-state index is 12.4. The molecule has 2 rings (SSSR count). The lowest BCUT2D eigenvalue weighted by Gasteiger charge is -2.35. The first-order valence-corrected chi connectivity index (χ1v) is 6.11. The SMILES string of the molecule is CC(C(=O)N1CCNC[C@@H]1C)c1cccnc1.Cl.Cl. The Balaban J connectivity index is 0.00000162. The lowest BCUT2D eigenvalue weighted by molar-refractivity contribution is -0.135. The summed E-state index contributed by atoms with van der Waals surface area (Å²) in [6.45, 7) is 6.60. The van der Waals surface area contributed by atoms with Crippen molar-refractivity contribution in [2.24, 2.45) is 0 Å². The molecule has 1 fully saturated rings. The molecule has 0 aromatic carbocycles. The number of pyridine rings is 1. The highest BCUT2D eigenvalue weighted by Crippen LogP contribution is 2.18. The quantitative estimate of drug-likeness (QED) is 0.907. The third-order valence-electron chi connectivity index (χ3n) is 3.34. The monoisotopic (exact) mass is 305 g/mol. The Morgan fingerprint density at radius 2 is 2.26 bits per heavy atom. The van der Waals surface area contributed by atoms with Crippen LogP contribution in [0.3, 0.4) is 0 Å². The molecule has 2 atom stereocenters. The van der Waals surface area contributed by atoms with E-state index < -0.39 is 0 Å². The van der Waals surface area contributed by atoms with Crippen molar-refractivity contribution in [1.29, 1.82) is 0 Å². The highest BCUT2D eigenvalue weighted by Gasteiger charge is 2.27. The zero-order valence-corrected chi connectivity index (χ0v) is 12.8. The molecule has 1 aromatic heterocycles. The second-order valence-electron chi connectivity index (χ2n) is 4.59. The minimum absolute atomic E-state index is 0. The van der Waals surface area contributed by atoms with Gasteiger partial charge >= 0.3 is 0 Å². The molecule has 0 aliphatic carbocycles. The maximum atomic E-state index is 12.4. The van der Waals surface area contributed by atoms with Crippen LogP contribution in [0.15, 0.2) is 24.5 Å². The smallest absolute Gasteiger partial charge is 0.230 e. The second-order valence-corrected chi connectivity index (χ2v) is 4.59. The third-order valence-corrected chi connectivity index (χ3v) is 3.34. The number of piperazine rings is 1. The lowest BCUT2D eigenvalue weighted by atomic mass is 10.0. The minimum Gasteiger partial charge on any atom is -0.337 e. The van der Waals surface area contributed by atoms with Crippen LogP contribution in [0.5, 0.6) is 0 Å². The molecule has 1 N–H and O–H groups in total. The number of hydrogen-bond donors (Lipinski definition) is 1. The van der Waals surface area contributed by atoms with E-state index in [1.165, 1.54) is 0 Å². The molecule has 1 aliphatic rings.